The zero-order valence-corrected chi connectivity index (χ0v) is 27.4. The van der Waals surface area contributed by atoms with E-state index in [9.17, 15) is 4.57 Å². The third kappa shape index (κ3) is 5.40. The molecule has 4 nitrogen and oxygen atoms in total. The standard InChI is InChI=1S/C32H58O4P2/c1-7-13-15-17-19-21-23-35-31-25-29(37(31,33)27(9-3)10-4)32(36-24-22-20-18-16-14-8-2)30(26-31)38(32,34)28(11-5)12-6/h25-28H,7-24H2,1-6H3. The monoisotopic (exact) mass is 568 g/mol. The Morgan fingerprint density at radius 1 is 0.579 bits per heavy atom. The number of unbranched alkanes of at least 4 members (excludes halogenated alkanes) is 10. The molecule has 3 heterocycles. The predicted octanol–water partition coefficient (Wildman–Crippen LogP) is 11.0. The molecule has 0 aromatic rings. The van der Waals surface area contributed by atoms with E-state index in [0.29, 0.717) is 13.2 Å². The van der Waals surface area contributed by atoms with Gasteiger partial charge < -0.3 is 18.6 Å². The summed E-state index contributed by atoms with van der Waals surface area (Å²) in [6.45, 7) is 14.3. The van der Waals surface area contributed by atoms with Gasteiger partial charge in [-0.1, -0.05) is 106 Å². The molecule has 1 fully saturated rings. The summed E-state index contributed by atoms with van der Waals surface area (Å²) in [5.74, 6) is 0. The van der Waals surface area contributed by atoms with Crippen molar-refractivity contribution in [1.82, 2.24) is 0 Å². The molecule has 4 unspecified atom stereocenters. The van der Waals surface area contributed by atoms with E-state index in [4.69, 9.17) is 9.47 Å². The third-order valence-electron chi connectivity index (χ3n) is 9.59. The fraction of sp³-hybridized carbons (Fsp3) is 0.875. The van der Waals surface area contributed by atoms with Gasteiger partial charge in [0.2, 0.25) is 0 Å². The molecule has 2 bridgehead atoms. The number of hydrogen-bond acceptors (Lipinski definition) is 4. The summed E-state index contributed by atoms with van der Waals surface area (Å²) in [5.41, 5.74) is 0.138. The minimum absolute atomic E-state index is 0.0510. The van der Waals surface area contributed by atoms with Crippen LogP contribution in [0.25, 0.3) is 0 Å². The first-order valence-electron chi connectivity index (χ1n) is 16.3. The van der Waals surface area contributed by atoms with E-state index < -0.39 is 25.0 Å². The van der Waals surface area contributed by atoms with Crippen LogP contribution in [0.2, 0.25) is 0 Å². The van der Waals surface area contributed by atoms with Gasteiger partial charge in [-0.15, -0.1) is 0 Å². The molecular weight excluding hydrogens is 510 g/mol. The molecule has 0 amide bonds. The van der Waals surface area contributed by atoms with Crippen molar-refractivity contribution in [3.8, 4) is 0 Å². The van der Waals surface area contributed by atoms with Crippen LogP contribution in [0.1, 0.15) is 144 Å². The minimum Gasteiger partial charge on any atom is -0.359 e. The third-order valence-corrected chi connectivity index (χ3v) is 18.3. The van der Waals surface area contributed by atoms with Crippen LogP contribution in [0, 0.1) is 0 Å². The van der Waals surface area contributed by atoms with Gasteiger partial charge in [0.05, 0.1) is 0 Å². The summed E-state index contributed by atoms with van der Waals surface area (Å²) >= 11 is 0. The van der Waals surface area contributed by atoms with Gasteiger partial charge in [0.1, 0.15) is 0 Å². The highest BCUT2D eigenvalue weighted by molar-refractivity contribution is 7.84. The molecule has 3 aliphatic heterocycles. The van der Waals surface area contributed by atoms with Crippen LogP contribution in [-0.2, 0) is 18.6 Å². The first-order valence-corrected chi connectivity index (χ1v) is 19.8. The molecule has 4 rings (SSSR count). The predicted molar refractivity (Wildman–Crippen MR) is 164 cm³/mol. The van der Waals surface area contributed by atoms with Crippen LogP contribution in [0.5, 0.6) is 0 Å². The molecule has 0 radical (unpaired) electrons. The van der Waals surface area contributed by atoms with Gasteiger partial charge >= 0.3 is 0 Å². The summed E-state index contributed by atoms with van der Waals surface area (Å²) in [5, 5.41) is 0.0716. The van der Waals surface area contributed by atoms with E-state index in [1.807, 2.05) is 0 Å². The molecule has 0 saturated carbocycles. The molecule has 1 aliphatic carbocycles. The lowest BCUT2D eigenvalue weighted by Gasteiger charge is -2.52. The zero-order valence-electron chi connectivity index (χ0n) is 25.6. The van der Waals surface area contributed by atoms with Crippen molar-refractivity contribution in [2.75, 3.05) is 13.2 Å². The molecule has 0 aromatic carbocycles. The van der Waals surface area contributed by atoms with Crippen LogP contribution in [-0.4, -0.2) is 35.2 Å². The van der Waals surface area contributed by atoms with Gasteiger partial charge in [0.15, 0.2) is 25.0 Å². The Bertz CT molecular complexity index is 916. The lowest BCUT2D eigenvalue weighted by atomic mass is 10.1. The highest BCUT2D eigenvalue weighted by Gasteiger charge is 2.86. The van der Waals surface area contributed by atoms with Gasteiger partial charge in [-0.25, -0.2) is 0 Å². The van der Waals surface area contributed by atoms with Crippen LogP contribution >= 0.6 is 14.3 Å². The van der Waals surface area contributed by atoms with E-state index >= 15 is 4.57 Å². The SMILES string of the molecule is CCCCCCCCOC12C=C(C3(OCCCCCCCC)C(=C1)P3(=O)C(CC)CC)P2(=O)C(CC)CC. The first-order chi connectivity index (χ1) is 18.3. The van der Waals surface area contributed by atoms with Crippen molar-refractivity contribution in [3.05, 3.63) is 22.8 Å². The summed E-state index contributed by atoms with van der Waals surface area (Å²) in [6.07, 6.45) is 21.9. The molecule has 4 atom stereocenters. The summed E-state index contributed by atoms with van der Waals surface area (Å²) in [7, 11) is -5.76. The molecule has 1 saturated heterocycles. The Balaban J connectivity index is 1.85. The molecule has 6 heteroatoms. The number of hydrogen-bond donors (Lipinski definition) is 0. The van der Waals surface area contributed by atoms with E-state index in [1.54, 1.807) is 0 Å². The fourth-order valence-electron chi connectivity index (χ4n) is 7.20. The van der Waals surface area contributed by atoms with Gasteiger partial charge in [0.25, 0.3) is 0 Å². The van der Waals surface area contributed by atoms with Crippen molar-refractivity contribution in [3.63, 3.8) is 0 Å². The second kappa shape index (κ2) is 14.2. The van der Waals surface area contributed by atoms with E-state index in [0.717, 1.165) is 62.0 Å². The smallest absolute Gasteiger partial charge is 0.181 e. The Hall–Kier alpha value is -0.140. The molecule has 38 heavy (non-hydrogen) atoms. The Morgan fingerprint density at radius 3 is 1.45 bits per heavy atom. The molecule has 220 valence electrons. The van der Waals surface area contributed by atoms with Crippen LogP contribution in [0.15, 0.2) is 22.8 Å². The Morgan fingerprint density at radius 2 is 0.974 bits per heavy atom. The quantitative estimate of drug-likeness (QED) is 0.0963. The van der Waals surface area contributed by atoms with Crippen molar-refractivity contribution in [2.24, 2.45) is 0 Å². The second-order valence-corrected chi connectivity index (χ2v) is 18.3. The maximum atomic E-state index is 15.2. The molecule has 4 aliphatic rings. The summed E-state index contributed by atoms with van der Waals surface area (Å²) in [4.78, 5) is 0. The van der Waals surface area contributed by atoms with Crippen LogP contribution in [0.4, 0.5) is 0 Å². The molecular formula is C32H58O4P2. The molecule has 0 N–H and O–H groups in total. The maximum Gasteiger partial charge on any atom is 0.181 e. The highest BCUT2D eigenvalue weighted by Crippen LogP contribution is 3.01. The maximum absolute atomic E-state index is 15.2. The van der Waals surface area contributed by atoms with Crippen molar-refractivity contribution < 1.29 is 18.6 Å². The Kier molecular flexibility index (Phi) is 12.1. The fourth-order valence-corrected chi connectivity index (χ4v) is 16.7. The largest absolute Gasteiger partial charge is 0.359 e. The van der Waals surface area contributed by atoms with E-state index in [-0.39, 0.29) is 11.3 Å². The highest BCUT2D eigenvalue weighted by atomic mass is 31.2. The summed E-state index contributed by atoms with van der Waals surface area (Å²) < 4.78 is 43.5. The lowest BCUT2D eigenvalue weighted by molar-refractivity contribution is 0.0506. The van der Waals surface area contributed by atoms with E-state index in [2.05, 4.69) is 53.7 Å². The first kappa shape index (κ1) is 32.4. The average Bonchev–Trinajstić information content (AvgIpc) is 3.46. The summed E-state index contributed by atoms with van der Waals surface area (Å²) in [6, 6.07) is 0. The zero-order chi connectivity index (χ0) is 27.9. The van der Waals surface area contributed by atoms with Crippen molar-refractivity contribution >= 4 is 14.3 Å². The second-order valence-electron chi connectivity index (χ2n) is 11.9. The topological polar surface area (TPSA) is 52.6 Å². The number of ether oxygens (including phenoxy) is 2. The van der Waals surface area contributed by atoms with Gasteiger partial charge in [0, 0.05) is 35.2 Å². The Labute approximate surface area is 234 Å². The number of rotatable bonds is 22. The average molecular weight is 569 g/mol. The normalized spacial score (nSPS) is 31.3. The van der Waals surface area contributed by atoms with Crippen LogP contribution in [0.3, 0.4) is 0 Å². The van der Waals surface area contributed by atoms with Crippen LogP contribution < -0.4 is 0 Å². The van der Waals surface area contributed by atoms with Gasteiger partial charge in [-0.05, 0) is 50.7 Å². The van der Waals surface area contributed by atoms with Gasteiger partial charge in [-0.3, -0.25) is 0 Å². The van der Waals surface area contributed by atoms with E-state index in [1.165, 1.54) is 51.4 Å². The van der Waals surface area contributed by atoms with Crippen molar-refractivity contribution in [2.45, 2.75) is 166 Å². The minimum atomic E-state index is -2.94. The van der Waals surface area contributed by atoms with Crippen molar-refractivity contribution in [1.29, 1.82) is 0 Å². The van der Waals surface area contributed by atoms with Gasteiger partial charge in [-0.2, -0.15) is 0 Å². The molecule has 0 spiro atoms. The lowest BCUT2D eigenvalue weighted by Crippen LogP contribution is -2.47. The molecule has 0 aromatic heterocycles.